The van der Waals surface area contributed by atoms with Crippen molar-refractivity contribution in [2.24, 2.45) is 0 Å². The molecule has 1 aromatic heterocycles. The average Bonchev–Trinajstić information content (AvgIpc) is 2.70. The largest absolute Gasteiger partial charge is 0.503 e. The summed E-state index contributed by atoms with van der Waals surface area (Å²) in [6.45, 7) is 3.99. The van der Waals surface area contributed by atoms with Gasteiger partial charge in [0.2, 0.25) is 0 Å². The molecule has 1 aliphatic heterocycles. The molecular weight excluding hydrogens is 362 g/mol. The number of rotatable bonds is 3. The third-order valence-electron chi connectivity index (χ3n) is 5.06. The van der Waals surface area contributed by atoms with Crippen LogP contribution >= 0.6 is 11.6 Å². The summed E-state index contributed by atoms with van der Waals surface area (Å²) in [5.41, 5.74) is 3.87. The fourth-order valence-electron chi connectivity index (χ4n) is 3.45. The lowest BCUT2D eigenvalue weighted by atomic mass is 10.0. The minimum atomic E-state index is -0.0446. The molecular formula is C21H21ClN3O2. The Labute approximate surface area is 163 Å². The molecule has 2 heterocycles. The van der Waals surface area contributed by atoms with Crippen LogP contribution in [0.3, 0.4) is 0 Å². The second-order valence-corrected chi connectivity index (χ2v) is 7.19. The number of nitrogens with zero attached hydrogens (tertiary/aromatic N) is 3. The first-order valence-electron chi connectivity index (χ1n) is 8.87. The summed E-state index contributed by atoms with van der Waals surface area (Å²) < 4.78 is 5.24. The first-order chi connectivity index (χ1) is 13.1. The van der Waals surface area contributed by atoms with Crippen molar-refractivity contribution in [3.63, 3.8) is 0 Å². The van der Waals surface area contributed by atoms with E-state index in [0.717, 1.165) is 53.9 Å². The predicted molar refractivity (Wildman–Crippen MR) is 109 cm³/mol. The highest BCUT2D eigenvalue weighted by Crippen LogP contribution is 2.39. The summed E-state index contributed by atoms with van der Waals surface area (Å²) in [5.74, 6) is 0.312. The van der Waals surface area contributed by atoms with Crippen molar-refractivity contribution in [1.82, 2.24) is 9.88 Å². The molecule has 139 valence electrons. The molecule has 27 heavy (non-hydrogen) atoms. The van der Waals surface area contributed by atoms with E-state index in [-0.39, 0.29) is 10.8 Å². The van der Waals surface area contributed by atoms with E-state index >= 15 is 0 Å². The van der Waals surface area contributed by atoms with Gasteiger partial charge in [0.25, 0.3) is 0 Å². The number of ether oxygens (including phenoxy) is 1. The molecule has 5 nitrogen and oxygen atoms in total. The van der Waals surface area contributed by atoms with Gasteiger partial charge in [-0.05, 0) is 42.4 Å². The lowest BCUT2D eigenvalue weighted by Crippen LogP contribution is -2.44. The maximum atomic E-state index is 9.99. The number of piperazine rings is 1. The van der Waals surface area contributed by atoms with E-state index < -0.39 is 0 Å². The SMILES string of the molecule is COc1cc(-c2ccc3nc[c]c(N4CCN(C)CC4)c3c2)cc(Cl)c1O. The zero-order chi connectivity index (χ0) is 19.0. The van der Waals surface area contributed by atoms with Gasteiger partial charge in [-0.15, -0.1) is 0 Å². The molecule has 2 aromatic carbocycles. The zero-order valence-electron chi connectivity index (χ0n) is 15.4. The van der Waals surface area contributed by atoms with Gasteiger partial charge in [-0.3, -0.25) is 4.98 Å². The Balaban J connectivity index is 1.80. The fraction of sp³-hybridized carbons (Fsp3) is 0.286. The Hall–Kier alpha value is -2.50. The second kappa shape index (κ2) is 7.25. The van der Waals surface area contributed by atoms with Gasteiger partial charge in [0.15, 0.2) is 11.5 Å². The van der Waals surface area contributed by atoms with Crippen molar-refractivity contribution in [2.45, 2.75) is 0 Å². The molecule has 1 radical (unpaired) electrons. The summed E-state index contributed by atoms with van der Waals surface area (Å²) in [7, 11) is 3.66. The monoisotopic (exact) mass is 382 g/mol. The molecule has 6 heteroatoms. The topological polar surface area (TPSA) is 48.8 Å². The van der Waals surface area contributed by atoms with Crippen LogP contribution in [-0.2, 0) is 0 Å². The van der Waals surface area contributed by atoms with E-state index in [1.165, 1.54) is 7.11 Å². The number of hydrogen-bond acceptors (Lipinski definition) is 5. The van der Waals surface area contributed by atoms with Crippen LogP contribution in [0, 0.1) is 6.07 Å². The summed E-state index contributed by atoms with van der Waals surface area (Å²) in [5, 5.41) is 11.3. The summed E-state index contributed by atoms with van der Waals surface area (Å²) >= 11 is 6.17. The first-order valence-corrected chi connectivity index (χ1v) is 9.25. The summed E-state index contributed by atoms with van der Waals surface area (Å²) in [6, 6.07) is 13.0. The molecule has 1 aliphatic rings. The van der Waals surface area contributed by atoms with Crippen LogP contribution in [-0.4, -0.2) is 55.3 Å². The Morgan fingerprint density at radius 1 is 1.11 bits per heavy atom. The third kappa shape index (κ3) is 3.40. The standard InChI is InChI=1S/C21H21ClN3O2/c1-24-7-9-25(10-8-24)19-5-6-23-18-4-3-14(11-16(18)19)15-12-17(22)21(26)20(13-15)27-2/h3-4,6,11-13,26H,7-10H2,1-2H3. The minimum absolute atomic E-state index is 0.0446. The van der Waals surface area contributed by atoms with Gasteiger partial charge in [-0.2, -0.15) is 0 Å². The van der Waals surface area contributed by atoms with Gasteiger partial charge in [0.05, 0.1) is 23.3 Å². The zero-order valence-corrected chi connectivity index (χ0v) is 16.1. The van der Waals surface area contributed by atoms with Crippen molar-refractivity contribution in [1.29, 1.82) is 0 Å². The Morgan fingerprint density at radius 3 is 2.63 bits per heavy atom. The smallest absolute Gasteiger partial charge is 0.176 e. The number of pyridine rings is 1. The number of hydrogen-bond donors (Lipinski definition) is 1. The lowest BCUT2D eigenvalue weighted by Gasteiger charge is -2.34. The van der Waals surface area contributed by atoms with Crippen LogP contribution < -0.4 is 9.64 Å². The van der Waals surface area contributed by atoms with Crippen LogP contribution in [0.2, 0.25) is 5.02 Å². The number of methoxy groups -OCH3 is 1. The lowest BCUT2D eigenvalue weighted by molar-refractivity contribution is 0.313. The highest BCUT2D eigenvalue weighted by molar-refractivity contribution is 6.32. The number of likely N-dealkylation sites (N-methyl/N-ethyl adjacent to an activating group) is 1. The summed E-state index contributed by atoms with van der Waals surface area (Å²) in [4.78, 5) is 9.16. The normalized spacial score (nSPS) is 15.3. The molecule has 0 amide bonds. The van der Waals surface area contributed by atoms with Crippen molar-refractivity contribution >= 4 is 28.2 Å². The molecule has 1 N–H and O–H groups in total. The molecule has 0 unspecified atom stereocenters. The van der Waals surface area contributed by atoms with Crippen LogP contribution in [0.1, 0.15) is 0 Å². The molecule has 0 atom stereocenters. The van der Waals surface area contributed by atoms with Gasteiger partial charge in [0, 0.05) is 43.8 Å². The average molecular weight is 383 g/mol. The maximum absolute atomic E-state index is 9.99. The first kappa shape index (κ1) is 17.9. The number of halogens is 1. The Kier molecular flexibility index (Phi) is 4.81. The van der Waals surface area contributed by atoms with Crippen LogP contribution in [0.5, 0.6) is 11.5 Å². The Bertz CT molecular complexity index is 985. The number of phenols is 1. The van der Waals surface area contributed by atoms with Crippen molar-refractivity contribution in [3.8, 4) is 22.6 Å². The molecule has 0 bridgehead atoms. The highest BCUT2D eigenvalue weighted by Gasteiger charge is 2.17. The van der Waals surface area contributed by atoms with Crippen LogP contribution in [0.15, 0.2) is 36.5 Å². The number of aromatic hydroxyl groups is 1. The van der Waals surface area contributed by atoms with E-state index in [9.17, 15) is 5.11 Å². The number of benzene rings is 2. The fourth-order valence-corrected chi connectivity index (χ4v) is 3.66. The van der Waals surface area contributed by atoms with E-state index in [2.05, 4.69) is 34.0 Å². The number of fused-ring (bicyclic) bond motifs is 1. The maximum Gasteiger partial charge on any atom is 0.176 e. The van der Waals surface area contributed by atoms with Crippen molar-refractivity contribution in [3.05, 3.63) is 47.6 Å². The van der Waals surface area contributed by atoms with Gasteiger partial charge in [-0.25, -0.2) is 0 Å². The van der Waals surface area contributed by atoms with E-state index in [1.807, 2.05) is 12.1 Å². The molecule has 0 aliphatic carbocycles. The quantitative estimate of drug-likeness (QED) is 0.746. The van der Waals surface area contributed by atoms with E-state index in [0.29, 0.717) is 5.75 Å². The number of aromatic nitrogens is 1. The summed E-state index contributed by atoms with van der Waals surface area (Å²) in [6.07, 6.45) is 1.75. The van der Waals surface area contributed by atoms with Gasteiger partial charge < -0.3 is 19.6 Å². The molecule has 1 saturated heterocycles. The molecule has 4 rings (SSSR count). The highest BCUT2D eigenvalue weighted by atomic mass is 35.5. The molecule has 0 spiro atoms. The van der Waals surface area contributed by atoms with Gasteiger partial charge >= 0.3 is 0 Å². The number of phenolic OH excluding ortho intramolecular Hbond substituents is 1. The minimum Gasteiger partial charge on any atom is -0.503 e. The van der Waals surface area contributed by atoms with Crippen LogP contribution in [0.4, 0.5) is 5.69 Å². The van der Waals surface area contributed by atoms with E-state index in [4.69, 9.17) is 16.3 Å². The predicted octanol–water partition coefficient (Wildman–Crippen LogP) is 3.82. The van der Waals surface area contributed by atoms with Gasteiger partial charge in [0.1, 0.15) is 0 Å². The number of anilines is 1. The van der Waals surface area contributed by atoms with Crippen molar-refractivity contribution in [2.75, 3.05) is 45.2 Å². The molecule has 1 fully saturated rings. The second-order valence-electron chi connectivity index (χ2n) is 6.78. The third-order valence-corrected chi connectivity index (χ3v) is 5.35. The molecule has 0 saturated carbocycles. The Morgan fingerprint density at radius 2 is 1.89 bits per heavy atom. The molecule has 3 aromatic rings. The van der Waals surface area contributed by atoms with Crippen LogP contribution in [0.25, 0.3) is 22.0 Å². The van der Waals surface area contributed by atoms with Crippen molar-refractivity contribution < 1.29 is 9.84 Å². The van der Waals surface area contributed by atoms with E-state index in [1.54, 1.807) is 18.3 Å². The van der Waals surface area contributed by atoms with Gasteiger partial charge in [-0.1, -0.05) is 17.7 Å².